The second kappa shape index (κ2) is 6.24. The standard InChI is InChI=1S/C15H20N4S/c16-15-18-10-14(20-15)9-17-8-12-6-7-19(11-12)13-4-2-1-3-5-13/h1-5,10,12,17H,6-9,11H2,(H2,16,18). The second-order valence-corrected chi connectivity index (χ2v) is 6.38. The van der Waals surface area contributed by atoms with Crippen LogP contribution in [-0.4, -0.2) is 24.6 Å². The highest BCUT2D eigenvalue weighted by Gasteiger charge is 2.22. The number of aromatic nitrogens is 1. The highest BCUT2D eigenvalue weighted by atomic mass is 32.1. The Bertz CT molecular complexity index is 540. The van der Waals surface area contributed by atoms with Crippen molar-refractivity contribution >= 4 is 22.2 Å². The zero-order valence-corrected chi connectivity index (χ0v) is 12.3. The van der Waals surface area contributed by atoms with E-state index < -0.39 is 0 Å². The Balaban J connectivity index is 1.44. The maximum atomic E-state index is 5.63. The minimum Gasteiger partial charge on any atom is -0.375 e. The van der Waals surface area contributed by atoms with Crippen molar-refractivity contribution in [3.8, 4) is 0 Å². The predicted molar refractivity (Wildman–Crippen MR) is 85.0 cm³/mol. The number of nitrogens with zero attached hydrogens (tertiary/aromatic N) is 2. The molecule has 3 N–H and O–H groups in total. The third kappa shape index (κ3) is 3.29. The molecule has 0 aliphatic carbocycles. The van der Waals surface area contributed by atoms with E-state index in [0.717, 1.165) is 32.1 Å². The molecule has 1 unspecified atom stereocenters. The van der Waals surface area contributed by atoms with Crippen LogP contribution in [0, 0.1) is 5.92 Å². The lowest BCUT2D eigenvalue weighted by Gasteiger charge is -2.18. The molecule has 4 nitrogen and oxygen atoms in total. The summed E-state index contributed by atoms with van der Waals surface area (Å²) < 4.78 is 0. The fraction of sp³-hybridized carbons (Fsp3) is 0.400. The molecule has 1 fully saturated rings. The summed E-state index contributed by atoms with van der Waals surface area (Å²) in [6, 6.07) is 10.7. The van der Waals surface area contributed by atoms with Gasteiger partial charge in [0.2, 0.25) is 0 Å². The van der Waals surface area contributed by atoms with Crippen molar-refractivity contribution in [2.24, 2.45) is 5.92 Å². The van der Waals surface area contributed by atoms with Crippen LogP contribution in [0.25, 0.3) is 0 Å². The van der Waals surface area contributed by atoms with Crippen molar-refractivity contribution in [2.45, 2.75) is 13.0 Å². The second-order valence-electron chi connectivity index (χ2n) is 5.23. The molecule has 20 heavy (non-hydrogen) atoms. The molecule has 1 saturated heterocycles. The molecule has 1 atom stereocenters. The van der Waals surface area contributed by atoms with Crippen molar-refractivity contribution in [2.75, 3.05) is 30.3 Å². The number of nitrogens with two attached hydrogens (primary N) is 1. The first-order valence-electron chi connectivity index (χ1n) is 7.02. The highest BCUT2D eigenvalue weighted by Crippen LogP contribution is 2.23. The quantitative estimate of drug-likeness (QED) is 0.887. The number of anilines is 2. The van der Waals surface area contributed by atoms with Gasteiger partial charge in [0.25, 0.3) is 0 Å². The molecule has 0 bridgehead atoms. The molecule has 0 radical (unpaired) electrons. The van der Waals surface area contributed by atoms with Crippen LogP contribution in [0.1, 0.15) is 11.3 Å². The fourth-order valence-electron chi connectivity index (χ4n) is 2.68. The predicted octanol–water partition coefficient (Wildman–Crippen LogP) is 2.34. The Morgan fingerprint density at radius 2 is 2.20 bits per heavy atom. The molecule has 1 aliphatic rings. The van der Waals surface area contributed by atoms with Crippen LogP contribution in [0.15, 0.2) is 36.5 Å². The molecular weight excluding hydrogens is 268 g/mol. The minimum atomic E-state index is 0.651. The maximum Gasteiger partial charge on any atom is 0.180 e. The molecular formula is C15H20N4S. The van der Waals surface area contributed by atoms with Gasteiger partial charge in [-0.1, -0.05) is 18.2 Å². The van der Waals surface area contributed by atoms with Crippen LogP contribution in [0.4, 0.5) is 10.8 Å². The number of rotatable bonds is 5. The molecule has 0 spiro atoms. The van der Waals surface area contributed by atoms with E-state index in [0.29, 0.717) is 5.13 Å². The van der Waals surface area contributed by atoms with Crippen LogP contribution in [0.5, 0.6) is 0 Å². The SMILES string of the molecule is Nc1ncc(CNCC2CCN(c3ccccc3)C2)s1. The van der Waals surface area contributed by atoms with Crippen molar-refractivity contribution in [3.63, 3.8) is 0 Å². The summed E-state index contributed by atoms with van der Waals surface area (Å²) in [5.74, 6) is 0.723. The Labute approximate surface area is 123 Å². The summed E-state index contributed by atoms with van der Waals surface area (Å²) in [4.78, 5) is 7.74. The summed E-state index contributed by atoms with van der Waals surface area (Å²) in [6.45, 7) is 4.23. The van der Waals surface area contributed by atoms with Crippen LogP contribution in [0.3, 0.4) is 0 Å². The van der Waals surface area contributed by atoms with Gasteiger partial charge in [-0.05, 0) is 24.5 Å². The number of para-hydroxylation sites is 1. The molecule has 1 aliphatic heterocycles. The van der Waals surface area contributed by atoms with E-state index in [-0.39, 0.29) is 0 Å². The first-order valence-corrected chi connectivity index (χ1v) is 7.84. The largest absolute Gasteiger partial charge is 0.375 e. The fourth-order valence-corrected chi connectivity index (χ4v) is 3.33. The molecule has 106 valence electrons. The zero-order valence-electron chi connectivity index (χ0n) is 11.5. The van der Waals surface area contributed by atoms with Crippen LogP contribution in [0.2, 0.25) is 0 Å². The first kappa shape index (κ1) is 13.4. The van der Waals surface area contributed by atoms with Crippen LogP contribution in [-0.2, 0) is 6.54 Å². The Morgan fingerprint density at radius 3 is 2.95 bits per heavy atom. The third-order valence-corrected chi connectivity index (χ3v) is 4.54. The molecule has 1 aromatic carbocycles. The van der Waals surface area contributed by atoms with E-state index in [2.05, 4.69) is 45.5 Å². The van der Waals surface area contributed by atoms with Crippen LogP contribution >= 0.6 is 11.3 Å². The number of hydrogen-bond acceptors (Lipinski definition) is 5. The zero-order chi connectivity index (χ0) is 13.8. The van der Waals surface area contributed by atoms with E-state index >= 15 is 0 Å². The van der Waals surface area contributed by atoms with Gasteiger partial charge in [0, 0.05) is 42.9 Å². The van der Waals surface area contributed by atoms with Gasteiger partial charge in [-0.15, -0.1) is 11.3 Å². The Morgan fingerprint density at radius 1 is 1.35 bits per heavy atom. The normalized spacial score (nSPS) is 18.6. The first-order chi connectivity index (χ1) is 9.81. The van der Waals surface area contributed by atoms with Gasteiger partial charge in [-0.2, -0.15) is 0 Å². The molecule has 2 aromatic rings. The van der Waals surface area contributed by atoms with Gasteiger partial charge >= 0.3 is 0 Å². The summed E-state index contributed by atoms with van der Waals surface area (Å²) >= 11 is 1.56. The van der Waals surface area contributed by atoms with Crippen LogP contribution < -0.4 is 16.0 Å². The van der Waals surface area contributed by atoms with E-state index in [9.17, 15) is 0 Å². The van der Waals surface area contributed by atoms with Gasteiger partial charge in [0.05, 0.1) is 0 Å². The van der Waals surface area contributed by atoms with Crippen molar-refractivity contribution < 1.29 is 0 Å². The van der Waals surface area contributed by atoms with E-state index in [1.807, 2.05) is 6.20 Å². The number of thiazole rings is 1. The molecule has 5 heteroatoms. The molecule has 0 saturated carbocycles. The molecule has 1 aromatic heterocycles. The van der Waals surface area contributed by atoms with Gasteiger partial charge in [-0.25, -0.2) is 4.98 Å². The lowest BCUT2D eigenvalue weighted by atomic mass is 10.1. The number of nitrogens with one attached hydrogen (secondary N) is 1. The summed E-state index contributed by atoms with van der Waals surface area (Å²) in [7, 11) is 0. The van der Waals surface area contributed by atoms with E-state index in [1.165, 1.54) is 17.0 Å². The minimum absolute atomic E-state index is 0.651. The topological polar surface area (TPSA) is 54.2 Å². The number of nitrogen functional groups attached to an aromatic ring is 1. The van der Waals surface area contributed by atoms with Gasteiger partial charge in [0.15, 0.2) is 5.13 Å². The Hall–Kier alpha value is -1.59. The highest BCUT2D eigenvalue weighted by molar-refractivity contribution is 7.15. The summed E-state index contributed by atoms with van der Waals surface area (Å²) in [6.07, 6.45) is 3.12. The van der Waals surface area contributed by atoms with Crippen molar-refractivity contribution in [1.29, 1.82) is 0 Å². The van der Waals surface area contributed by atoms with Crippen molar-refractivity contribution in [1.82, 2.24) is 10.3 Å². The maximum absolute atomic E-state index is 5.63. The number of benzene rings is 1. The molecule has 2 heterocycles. The average Bonchev–Trinajstić information content (AvgIpc) is 3.09. The van der Waals surface area contributed by atoms with Gasteiger partial charge in [-0.3, -0.25) is 0 Å². The average molecular weight is 288 g/mol. The van der Waals surface area contributed by atoms with Crippen molar-refractivity contribution in [3.05, 3.63) is 41.4 Å². The summed E-state index contributed by atoms with van der Waals surface area (Å²) in [5.41, 5.74) is 6.97. The third-order valence-electron chi connectivity index (χ3n) is 3.71. The van der Waals surface area contributed by atoms with E-state index in [4.69, 9.17) is 5.73 Å². The molecule has 0 amide bonds. The number of hydrogen-bond donors (Lipinski definition) is 2. The van der Waals surface area contributed by atoms with E-state index in [1.54, 1.807) is 11.3 Å². The lowest BCUT2D eigenvalue weighted by molar-refractivity contribution is 0.518. The Kier molecular flexibility index (Phi) is 4.18. The monoisotopic (exact) mass is 288 g/mol. The summed E-state index contributed by atoms with van der Waals surface area (Å²) in [5, 5.41) is 4.17. The van der Waals surface area contributed by atoms with Gasteiger partial charge < -0.3 is 16.0 Å². The van der Waals surface area contributed by atoms with Gasteiger partial charge in [0.1, 0.15) is 0 Å². The lowest BCUT2D eigenvalue weighted by Crippen LogP contribution is -2.25. The smallest absolute Gasteiger partial charge is 0.180 e. The molecule has 3 rings (SSSR count).